The molecular formula is C30H39ClN6O3. The van der Waals surface area contributed by atoms with E-state index < -0.39 is 0 Å². The molecule has 10 heteroatoms. The Morgan fingerprint density at radius 1 is 0.950 bits per heavy atom. The van der Waals surface area contributed by atoms with Crippen LogP contribution < -0.4 is 4.90 Å². The highest BCUT2D eigenvalue weighted by Gasteiger charge is 2.42. The van der Waals surface area contributed by atoms with Crippen LogP contribution in [0.15, 0.2) is 24.5 Å². The SMILES string of the molecule is CCC(=O)N1CC(C(=O)N(CCCN2CC3CN(C(=O)c4c(C)ncnc4C)CC3C2)c2ccc(C)c(Cl)c2)C1. The molecule has 0 spiro atoms. The lowest BCUT2D eigenvalue weighted by Crippen LogP contribution is -2.56. The van der Waals surface area contributed by atoms with Crippen LogP contribution in [-0.4, -0.2) is 94.7 Å². The summed E-state index contributed by atoms with van der Waals surface area (Å²) in [6.45, 7) is 13.4. The fourth-order valence-electron chi connectivity index (χ4n) is 6.35. The second-order valence-corrected chi connectivity index (χ2v) is 11.9. The third kappa shape index (κ3) is 5.72. The van der Waals surface area contributed by atoms with Crippen LogP contribution in [0.4, 0.5) is 5.69 Å². The quantitative estimate of drug-likeness (QED) is 0.487. The van der Waals surface area contributed by atoms with Gasteiger partial charge in [0.05, 0.1) is 22.9 Å². The molecule has 3 aliphatic rings. The van der Waals surface area contributed by atoms with Gasteiger partial charge < -0.3 is 19.6 Å². The summed E-state index contributed by atoms with van der Waals surface area (Å²) in [6.07, 6.45) is 2.81. The molecule has 0 N–H and O–H groups in total. The van der Waals surface area contributed by atoms with E-state index in [4.69, 9.17) is 11.6 Å². The first kappa shape index (κ1) is 28.5. The number of carbonyl (C=O) groups is 3. The number of anilines is 1. The standard InChI is InChI=1S/C30H39ClN6O3/c1-5-27(38)35-16-24(17-35)29(39)37(25-8-7-19(2)26(31)11-25)10-6-9-34-12-22-14-36(15-23(22)13-34)30(40)28-20(3)32-18-33-21(28)4/h7-8,11,18,22-24H,5-6,9-10,12-17H2,1-4H3. The van der Waals surface area contributed by atoms with Crippen LogP contribution in [-0.2, 0) is 9.59 Å². The molecule has 3 saturated heterocycles. The van der Waals surface area contributed by atoms with Crippen LogP contribution in [0, 0.1) is 38.5 Å². The highest BCUT2D eigenvalue weighted by molar-refractivity contribution is 6.31. The van der Waals surface area contributed by atoms with E-state index in [2.05, 4.69) is 14.9 Å². The van der Waals surface area contributed by atoms with Gasteiger partial charge in [0.1, 0.15) is 6.33 Å². The Morgan fingerprint density at radius 2 is 1.60 bits per heavy atom. The minimum Gasteiger partial charge on any atom is -0.341 e. The van der Waals surface area contributed by atoms with E-state index in [1.54, 1.807) is 4.90 Å². The lowest BCUT2D eigenvalue weighted by atomic mass is 9.97. The minimum atomic E-state index is -0.174. The predicted octanol–water partition coefficient (Wildman–Crippen LogP) is 3.35. The molecule has 0 aliphatic carbocycles. The van der Waals surface area contributed by atoms with Crippen molar-refractivity contribution in [2.75, 3.05) is 57.3 Å². The molecule has 0 bridgehead atoms. The molecule has 1 aromatic heterocycles. The van der Waals surface area contributed by atoms with Gasteiger partial charge in [-0.1, -0.05) is 24.6 Å². The van der Waals surface area contributed by atoms with E-state index >= 15 is 0 Å². The number of benzene rings is 1. The molecule has 40 heavy (non-hydrogen) atoms. The number of carbonyl (C=O) groups excluding carboxylic acids is 3. The van der Waals surface area contributed by atoms with Crippen molar-refractivity contribution in [3.8, 4) is 0 Å². The van der Waals surface area contributed by atoms with Crippen molar-refractivity contribution >= 4 is 35.0 Å². The van der Waals surface area contributed by atoms with Crippen LogP contribution in [0.5, 0.6) is 0 Å². The number of hydrogen-bond donors (Lipinski definition) is 0. The van der Waals surface area contributed by atoms with E-state index in [-0.39, 0.29) is 23.6 Å². The summed E-state index contributed by atoms with van der Waals surface area (Å²) in [5.74, 6) is 0.934. The monoisotopic (exact) mass is 566 g/mol. The normalized spacial score (nSPS) is 20.9. The number of aromatic nitrogens is 2. The molecule has 1 aromatic carbocycles. The average Bonchev–Trinajstić information content (AvgIpc) is 3.46. The van der Waals surface area contributed by atoms with E-state index in [9.17, 15) is 14.4 Å². The van der Waals surface area contributed by atoms with Crippen molar-refractivity contribution in [1.82, 2.24) is 24.7 Å². The lowest BCUT2D eigenvalue weighted by molar-refractivity contribution is -0.141. The first-order valence-electron chi connectivity index (χ1n) is 14.3. The van der Waals surface area contributed by atoms with Gasteiger partial charge in [0.2, 0.25) is 11.8 Å². The van der Waals surface area contributed by atoms with Crippen molar-refractivity contribution in [2.24, 2.45) is 17.8 Å². The molecule has 3 fully saturated rings. The van der Waals surface area contributed by atoms with Crippen molar-refractivity contribution in [1.29, 1.82) is 0 Å². The lowest BCUT2D eigenvalue weighted by Gasteiger charge is -2.40. The van der Waals surface area contributed by atoms with Crippen LogP contribution in [0.3, 0.4) is 0 Å². The number of halogens is 1. The maximum absolute atomic E-state index is 13.5. The summed E-state index contributed by atoms with van der Waals surface area (Å²) in [7, 11) is 0. The molecule has 2 unspecified atom stereocenters. The Bertz CT molecular complexity index is 1260. The Kier molecular flexibility index (Phi) is 8.42. The van der Waals surface area contributed by atoms with Gasteiger partial charge in [0, 0.05) is 62.9 Å². The topological polar surface area (TPSA) is 90.0 Å². The van der Waals surface area contributed by atoms with Crippen LogP contribution in [0.25, 0.3) is 0 Å². The first-order chi connectivity index (χ1) is 19.2. The molecule has 2 atom stereocenters. The average molecular weight is 567 g/mol. The van der Waals surface area contributed by atoms with Crippen molar-refractivity contribution in [3.63, 3.8) is 0 Å². The van der Waals surface area contributed by atoms with Gasteiger partial charge in [-0.15, -0.1) is 0 Å². The van der Waals surface area contributed by atoms with Gasteiger partial charge in [0.15, 0.2) is 0 Å². The number of rotatable bonds is 8. The largest absolute Gasteiger partial charge is 0.341 e. The van der Waals surface area contributed by atoms with E-state index in [0.717, 1.165) is 61.8 Å². The molecule has 0 saturated carbocycles. The fourth-order valence-corrected chi connectivity index (χ4v) is 6.53. The van der Waals surface area contributed by atoms with Crippen LogP contribution in [0.1, 0.15) is 47.1 Å². The van der Waals surface area contributed by atoms with Gasteiger partial charge in [-0.3, -0.25) is 14.4 Å². The molecule has 3 amide bonds. The summed E-state index contributed by atoms with van der Waals surface area (Å²) in [5, 5.41) is 0.644. The van der Waals surface area contributed by atoms with Gasteiger partial charge >= 0.3 is 0 Å². The minimum absolute atomic E-state index is 0.0395. The van der Waals surface area contributed by atoms with Gasteiger partial charge in [-0.05, 0) is 63.3 Å². The maximum Gasteiger partial charge on any atom is 0.257 e. The zero-order chi connectivity index (χ0) is 28.6. The Morgan fingerprint density at radius 3 is 2.20 bits per heavy atom. The summed E-state index contributed by atoms with van der Waals surface area (Å²) >= 11 is 6.42. The Labute approximate surface area is 241 Å². The number of nitrogens with zero attached hydrogens (tertiary/aromatic N) is 6. The van der Waals surface area contributed by atoms with Crippen molar-refractivity contribution < 1.29 is 14.4 Å². The highest BCUT2D eigenvalue weighted by atomic mass is 35.5. The molecule has 3 aliphatic heterocycles. The summed E-state index contributed by atoms with van der Waals surface area (Å²) in [5.41, 5.74) is 3.88. The fraction of sp³-hybridized carbons (Fsp3) is 0.567. The number of amides is 3. The van der Waals surface area contributed by atoms with E-state index in [0.29, 0.717) is 48.5 Å². The summed E-state index contributed by atoms with van der Waals surface area (Å²) in [6, 6.07) is 5.78. The third-order valence-corrected chi connectivity index (χ3v) is 9.17. The molecule has 5 rings (SSSR count). The molecule has 9 nitrogen and oxygen atoms in total. The number of aryl methyl sites for hydroxylation is 3. The van der Waals surface area contributed by atoms with E-state index in [1.807, 2.05) is 55.7 Å². The predicted molar refractivity (Wildman–Crippen MR) is 154 cm³/mol. The first-order valence-corrected chi connectivity index (χ1v) is 14.7. The molecular weight excluding hydrogens is 528 g/mol. The van der Waals surface area contributed by atoms with Gasteiger partial charge in [0.25, 0.3) is 5.91 Å². The second-order valence-electron chi connectivity index (χ2n) is 11.5. The Balaban J connectivity index is 1.16. The molecule has 4 heterocycles. The summed E-state index contributed by atoms with van der Waals surface area (Å²) in [4.78, 5) is 55.2. The zero-order valence-electron chi connectivity index (χ0n) is 23.9. The smallest absolute Gasteiger partial charge is 0.257 e. The molecule has 0 radical (unpaired) electrons. The highest BCUT2D eigenvalue weighted by Crippen LogP contribution is 2.33. The molecule has 214 valence electrons. The zero-order valence-corrected chi connectivity index (χ0v) is 24.7. The van der Waals surface area contributed by atoms with Crippen molar-refractivity contribution in [3.05, 3.63) is 52.1 Å². The Hall–Kier alpha value is -3.04. The summed E-state index contributed by atoms with van der Waals surface area (Å²) < 4.78 is 0. The van der Waals surface area contributed by atoms with Crippen LogP contribution >= 0.6 is 11.6 Å². The molecule has 2 aromatic rings. The van der Waals surface area contributed by atoms with Crippen LogP contribution in [0.2, 0.25) is 5.02 Å². The number of fused-ring (bicyclic) bond motifs is 1. The van der Waals surface area contributed by atoms with Crippen molar-refractivity contribution in [2.45, 2.75) is 40.5 Å². The third-order valence-electron chi connectivity index (χ3n) is 8.76. The second kappa shape index (κ2) is 11.8. The van der Waals surface area contributed by atoms with Gasteiger partial charge in [-0.2, -0.15) is 0 Å². The number of likely N-dealkylation sites (tertiary alicyclic amines) is 3. The maximum atomic E-state index is 13.5. The van der Waals surface area contributed by atoms with Gasteiger partial charge in [-0.25, -0.2) is 9.97 Å². The van der Waals surface area contributed by atoms with E-state index in [1.165, 1.54) is 6.33 Å². The number of hydrogen-bond acceptors (Lipinski definition) is 6.